The van der Waals surface area contributed by atoms with Crippen LogP contribution < -0.4 is 20.9 Å². The molecule has 1 fully saturated rings. The minimum Gasteiger partial charge on any atom is -0.485 e. The summed E-state index contributed by atoms with van der Waals surface area (Å²) < 4.78 is 37.9. The minimum atomic E-state index is -3.80. The van der Waals surface area contributed by atoms with Crippen molar-refractivity contribution in [1.29, 1.82) is 0 Å². The molecule has 1 unspecified atom stereocenters. The van der Waals surface area contributed by atoms with Crippen molar-refractivity contribution in [3.63, 3.8) is 0 Å². The summed E-state index contributed by atoms with van der Waals surface area (Å²) >= 11 is 0. The van der Waals surface area contributed by atoms with E-state index in [9.17, 15) is 23.1 Å². The van der Waals surface area contributed by atoms with Gasteiger partial charge in [0.05, 0.1) is 11.5 Å². The maximum atomic E-state index is 13.1. The summed E-state index contributed by atoms with van der Waals surface area (Å²) in [4.78, 5) is 30.0. The number of hydrogen-bond donors (Lipinski definition) is 1. The zero-order valence-electron chi connectivity index (χ0n) is 24.0. The first-order valence-corrected chi connectivity index (χ1v) is 14.8. The van der Waals surface area contributed by atoms with E-state index in [0.29, 0.717) is 44.3 Å². The number of aliphatic hydroxyl groups excluding tert-OH is 1. The van der Waals surface area contributed by atoms with Crippen molar-refractivity contribution in [1.82, 2.24) is 14.0 Å². The number of nitrogens with zero attached hydrogens (tertiary/aromatic N) is 4. The molecule has 1 aliphatic rings. The Balaban J connectivity index is 1.65. The average molecular weight is 567 g/mol. The summed E-state index contributed by atoms with van der Waals surface area (Å²) in [6.45, 7) is 15.6. The molecule has 39 heavy (non-hydrogen) atoms. The molecule has 12 heteroatoms. The highest BCUT2D eigenvalue weighted by atomic mass is 32.2. The third-order valence-electron chi connectivity index (χ3n) is 6.88. The number of benzene rings is 1. The fourth-order valence-corrected chi connectivity index (χ4v) is 5.57. The molecule has 0 bridgehead atoms. The molecular formula is C27H42N4O7S. The van der Waals surface area contributed by atoms with E-state index in [4.69, 9.17) is 8.92 Å². The van der Waals surface area contributed by atoms with E-state index in [2.05, 4.69) is 9.80 Å². The summed E-state index contributed by atoms with van der Waals surface area (Å²) in [6, 6.07) is 7.13. The van der Waals surface area contributed by atoms with Crippen LogP contribution in [0.4, 0.5) is 5.82 Å². The predicted octanol–water partition coefficient (Wildman–Crippen LogP) is 2.24. The Hall–Kier alpha value is -2.67. The number of β-amino-alcohol motifs (C(OH)–C–C–N with tert-alkyl or cyclic N) is 1. The smallest absolute Gasteiger partial charge is 0.333 e. The van der Waals surface area contributed by atoms with Crippen LogP contribution in [-0.4, -0.2) is 78.6 Å². The van der Waals surface area contributed by atoms with Crippen LogP contribution in [-0.2, 0) is 14.3 Å². The van der Waals surface area contributed by atoms with Gasteiger partial charge in [-0.25, -0.2) is 4.79 Å². The lowest BCUT2D eigenvalue weighted by molar-refractivity contribution is -0.0450. The van der Waals surface area contributed by atoms with Gasteiger partial charge in [-0.15, -0.1) is 0 Å². The summed E-state index contributed by atoms with van der Waals surface area (Å²) in [5, 5.41) is 11.0. The van der Waals surface area contributed by atoms with E-state index in [-0.39, 0.29) is 34.8 Å². The highest BCUT2D eigenvalue weighted by Gasteiger charge is 2.33. The third-order valence-corrected chi connectivity index (χ3v) is 8.27. The Morgan fingerprint density at radius 2 is 1.51 bits per heavy atom. The number of hydrogen-bond acceptors (Lipinski definition) is 9. The van der Waals surface area contributed by atoms with Crippen LogP contribution in [0.5, 0.6) is 5.75 Å². The monoisotopic (exact) mass is 566 g/mol. The van der Waals surface area contributed by atoms with Gasteiger partial charge in [-0.2, -0.15) is 8.42 Å². The van der Waals surface area contributed by atoms with Crippen molar-refractivity contribution < 1.29 is 22.4 Å². The molecule has 1 saturated heterocycles. The third kappa shape index (κ3) is 7.10. The Bertz CT molecular complexity index is 1340. The number of ether oxygens (including phenoxy) is 1. The molecule has 2 aromatic rings. The fraction of sp³-hybridized carbons (Fsp3) is 0.630. The minimum absolute atomic E-state index is 0.0392. The van der Waals surface area contributed by atoms with Gasteiger partial charge >= 0.3 is 5.69 Å². The molecule has 1 N–H and O–H groups in total. The van der Waals surface area contributed by atoms with Crippen molar-refractivity contribution in [3.8, 4) is 5.75 Å². The predicted molar refractivity (Wildman–Crippen MR) is 150 cm³/mol. The maximum Gasteiger partial charge on any atom is 0.333 e. The summed E-state index contributed by atoms with van der Waals surface area (Å²) in [5.41, 5.74) is -1.55. The van der Waals surface area contributed by atoms with Crippen LogP contribution in [0, 0.1) is 0 Å². The molecule has 0 spiro atoms. The second-order valence-corrected chi connectivity index (χ2v) is 12.5. The summed E-state index contributed by atoms with van der Waals surface area (Å²) in [7, 11) is -3.80. The molecule has 0 saturated carbocycles. The quantitative estimate of drug-likeness (QED) is 0.408. The number of aromatic nitrogens is 2. The topological polar surface area (TPSA) is 123 Å². The molecule has 0 aliphatic carbocycles. The Morgan fingerprint density at radius 3 is 2.03 bits per heavy atom. The van der Waals surface area contributed by atoms with Gasteiger partial charge in [0.25, 0.3) is 15.7 Å². The second-order valence-electron chi connectivity index (χ2n) is 10.9. The summed E-state index contributed by atoms with van der Waals surface area (Å²) in [6.07, 6.45) is -0.834. The molecule has 218 valence electrons. The van der Waals surface area contributed by atoms with E-state index in [1.54, 1.807) is 43.5 Å². The van der Waals surface area contributed by atoms with Crippen molar-refractivity contribution in [3.05, 3.63) is 51.2 Å². The fourth-order valence-electron chi connectivity index (χ4n) is 4.66. The largest absolute Gasteiger partial charge is 0.485 e. The van der Waals surface area contributed by atoms with Crippen molar-refractivity contribution in [2.75, 3.05) is 44.2 Å². The highest BCUT2D eigenvalue weighted by molar-refractivity contribution is 7.86. The Labute approximate surface area is 230 Å². The van der Waals surface area contributed by atoms with Crippen molar-refractivity contribution in [2.24, 2.45) is 0 Å². The lowest BCUT2D eigenvalue weighted by atomic mass is 10.0. The van der Waals surface area contributed by atoms with E-state index in [1.165, 1.54) is 16.7 Å². The van der Waals surface area contributed by atoms with Crippen LogP contribution in [0.2, 0.25) is 0 Å². The number of aliphatic hydroxyl groups is 1. The first kappa shape index (κ1) is 30.9. The maximum absolute atomic E-state index is 13.1. The molecular weight excluding hydrogens is 524 g/mol. The molecule has 1 aromatic heterocycles. The molecule has 1 aromatic carbocycles. The van der Waals surface area contributed by atoms with Crippen molar-refractivity contribution >= 4 is 15.9 Å². The second kappa shape index (κ2) is 12.2. The molecule has 0 amide bonds. The zero-order chi connectivity index (χ0) is 29.1. The van der Waals surface area contributed by atoms with Gasteiger partial charge in [0.1, 0.15) is 23.3 Å². The average Bonchev–Trinajstić information content (AvgIpc) is 2.83. The molecule has 11 nitrogen and oxygen atoms in total. The first-order valence-electron chi connectivity index (χ1n) is 13.4. The highest BCUT2D eigenvalue weighted by Crippen LogP contribution is 2.25. The zero-order valence-corrected chi connectivity index (χ0v) is 24.8. The number of rotatable bonds is 11. The van der Waals surface area contributed by atoms with Crippen LogP contribution >= 0.6 is 0 Å². The van der Waals surface area contributed by atoms with Crippen LogP contribution in [0.1, 0.15) is 60.5 Å². The van der Waals surface area contributed by atoms with Gasteiger partial charge in [-0.1, -0.05) is 0 Å². The lowest BCUT2D eigenvalue weighted by Crippen LogP contribution is -2.54. The van der Waals surface area contributed by atoms with E-state index in [1.807, 2.05) is 27.7 Å². The summed E-state index contributed by atoms with van der Waals surface area (Å²) in [5.74, 6) is 1.05. The van der Waals surface area contributed by atoms with Crippen molar-refractivity contribution in [2.45, 2.75) is 77.2 Å². The standard InChI is InChI=1S/C27H42N4O7S/c1-8-37-39(35,36)22-11-9-21(10-12-22)38-27(6,7)23(32)18-28-13-15-29(16-14-28)24-17-25(33)31(20(4)5)26(34)30(24)19(2)3/h9-12,17,19-20,23,32H,8,13-16,18H2,1-7H3. The van der Waals surface area contributed by atoms with E-state index in [0.717, 1.165) is 0 Å². The van der Waals surface area contributed by atoms with Gasteiger partial charge in [-0.3, -0.25) is 23.0 Å². The Kier molecular flexibility index (Phi) is 9.69. The van der Waals surface area contributed by atoms with Gasteiger partial charge in [0.15, 0.2) is 0 Å². The molecule has 1 aliphatic heterocycles. The molecule has 1 atom stereocenters. The van der Waals surface area contributed by atoms with Gasteiger partial charge in [0, 0.05) is 50.9 Å². The van der Waals surface area contributed by atoms with Crippen LogP contribution in [0.15, 0.2) is 44.8 Å². The molecule has 2 heterocycles. The van der Waals surface area contributed by atoms with E-state index < -0.39 is 21.8 Å². The molecule has 3 rings (SSSR count). The number of piperazine rings is 1. The van der Waals surface area contributed by atoms with Crippen LogP contribution in [0.3, 0.4) is 0 Å². The van der Waals surface area contributed by atoms with Crippen LogP contribution in [0.25, 0.3) is 0 Å². The molecule has 0 radical (unpaired) electrons. The van der Waals surface area contributed by atoms with Gasteiger partial charge in [0.2, 0.25) is 0 Å². The van der Waals surface area contributed by atoms with Gasteiger partial charge < -0.3 is 14.7 Å². The van der Waals surface area contributed by atoms with Gasteiger partial charge in [-0.05, 0) is 72.7 Å². The SMILES string of the molecule is CCOS(=O)(=O)c1ccc(OC(C)(C)C(O)CN2CCN(c3cc(=O)n(C(C)C)c(=O)n3C(C)C)CC2)cc1. The normalized spacial score (nSPS) is 16.2. The lowest BCUT2D eigenvalue weighted by Gasteiger charge is -2.40. The Morgan fingerprint density at radius 1 is 0.949 bits per heavy atom. The first-order chi connectivity index (χ1) is 18.2. The number of anilines is 1. The van der Waals surface area contributed by atoms with E-state index >= 15 is 0 Å².